The van der Waals surface area contributed by atoms with E-state index in [1.54, 1.807) is 17.0 Å². The van der Waals surface area contributed by atoms with Gasteiger partial charge in [-0.2, -0.15) is 0 Å². The number of amides is 1. The van der Waals surface area contributed by atoms with Crippen LogP contribution < -0.4 is 4.74 Å². The van der Waals surface area contributed by atoms with Crippen molar-refractivity contribution in [2.45, 2.75) is 33.4 Å². The largest absolute Gasteiger partial charge is 0.507 e. The van der Waals surface area contributed by atoms with Gasteiger partial charge in [0.05, 0.1) is 11.6 Å². The Morgan fingerprint density at radius 2 is 1.81 bits per heavy atom. The molecule has 2 heterocycles. The Hall–Kier alpha value is -3.42. The molecule has 0 aliphatic carbocycles. The number of thiophene rings is 1. The molecule has 36 heavy (non-hydrogen) atoms. The van der Waals surface area contributed by atoms with Gasteiger partial charge in [0.2, 0.25) is 0 Å². The quantitative estimate of drug-likeness (QED) is 0.227. The van der Waals surface area contributed by atoms with Crippen LogP contribution >= 0.6 is 11.3 Å². The van der Waals surface area contributed by atoms with Crippen LogP contribution in [-0.4, -0.2) is 52.8 Å². The molecule has 1 aliphatic heterocycles. The van der Waals surface area contributed by atoms with E-state index >= 15 is 0 Å². The number of carbonyl (C=O) groups is 2. The first-order valence-electron chi connectivity index (χ1n) is 12.3. The number of likely N-dealkylation sites (tertiary alicyclic amines) is 1. The number of ketones is 1. The van der Waals surface area contributed by atoms with Gasteiger partial charge in [0.25, 0.3) is 11.7 Å². The molecule has 0 bridgehead atoms. The minimum Gasteiger partial charge on any atom is -0.507 e. The van der Waals surface area contributed by atoms with E-state index < -0.39 is 17.7 Å². The second-order valence-electron chi connectivity index (χ2n) is 8.79. The summed E-state index contributed by atoms with van der Waals surface area (Å²) in [5, 5.41) is 13.3. The van der Waals surface area contributed by atoms with Crippen molar-refractivity contribution in [3.63, 3.8) is 0 Å². The van der Waals surface area contributed by atoms with Crippen molar-refractivity contribution in [1.82, 2.24) is 9.80 Å². The highest BCUT2D eigenvalue weighted by molar-refractivity contribution is 7.10. The maximum atomic E-state index is 13.2. The van der Waals surface area contributed by atoms with Crippen molar-refractivity contribution >= 4 is 28.8 Å². The number of benzene rings is 2. The van der Waals surface area contributed by atoms with Crippen LogP contribution in [0.15, 0.2) is 71.6 Å². The number of carbonyl (C=O) groups excluding carboxylic acids is 2. The highest BCUT2D eigenvalue weighted by Gasteiger charge is 2.46. The molecule has 0 spiro atoms. The number of aryl methyl sites for hydroxylation is 1. The molecule has 0 saturated carbocycles. The van der Waals surface area contributed by atoms with E-state index in [-0.39, 0.29) is 11.3 Å². The van der Waals surface area contributed by atoms with Crippen molar-refractivity contribution < 1.29 is 19.4 Å². The van der Waals surface area contributed by atoms with Crippen LogP contribution in [0.3, 0.4) is 0 Å². The van der Waals surface area contributed by atoms with E-state index in [4.69, 9.17) is 4.74 Å². The van der Waals surface area contributed by atoms with Crippen molar-refractivity contribution in [2.75, 3.05) is 26.2 Å². The maximum Gasteiger partial charge on any atom is 0.295 e. The molecule has 1 fully saturated rings. The lowest BCUT2D eigenvalue weighted by Gasteiger charge is -2.27. The summed E-state index contributed by atoms with van der Waals surface area (Å²) in [6.45, 7) is 9.24. The molecule has 0 radical (unpaired) electrons. The molecule has 1 N–H and O–H groups in total. The van der Waals surface area contributed by atoms with Gasteiger partial charge in [0, 0.05) is 23.5 Å². The van der Waals surface area contributed by atoms with Crippen molar-refractivity contribution in [1.29, 1.82) is 0 Å². The van der Waals surface area contributed by atoms with Gasteiger partial charge < -0.3 is 19.6 Å². The van der Waals surface area contributed by atoms with Crippen LogP contribution in [0, 0.1) is 6.92 Å². The van der Waals surface area contributed by atoms with E-state index in [2.05, 4.69) is 18.7 Å². The average Bonchev–Trinajstić information content (AvgIpc) is 3.51. The minimum atomic E-state index is -0.644. The SMILES string of the molecule is CCN(CC)CCN1C(=O)C(=O)/C(=C(/O)c2ccc(OCc3ccccc3)cc2C)[C@@H]1c1cccs1. The summed E-state index contributed by atoms with van der Waals surface area (Å²) in [5.41, 5.74) is 2.48. The summed E-state index contributed by atoms with van der Waals surface area (Å²) >= 11 is 1.48. The molecular formula is C29H32N2O4S. The Labute approximate surface area is 216 Å². The summed E-state index contributed by atoms with van der Waals surface area (Å²) in [6, 6.07) is 18.5. The lowest BCUT2D eigenvalue weighted by atomic mass is 9.97. The summed E-state index contributed by atoms with van der Waals surface area (Å²) in [4.78, 5) is 31.0. The van der Waals surface area contributed by atoms with Crippen molar-refractivity contribution in [2.24, 2.45) is 0 Å². The number of aliphatic hydroxyl groups is 1. The van der Waals surface area contributed by atoms with Crippen LogP contribution in [0.4, 0.5) is 0 Å². The summed E-state index contributed by atoms with van der Waals surface area (Å²) in [6.07, 6.45) is 0. The summed E-state index contributed by atoms with van der Waals surface area (Å²) < 4.78 is 5.91. The summed E-state index contributed by atoms with van der Waals surface area (Å²) in [7, 11) is 0. The number of aliphatic hydroxyl groups excluding tert-OH is 1. The van der Waals surface area contributed by atoms with E-state index in [0.717, 1.165) is 29.1 Å². The van der Waals surface area contributed by atoms with E-state index in [1.807, 2.05) is 60.8 Å². The number of hydrogen-bond acceptors (Lipinski definition) is 6. The van der Waals surface area contributed by atoms with Gasteiger partial charge in [-0.15, -0.1) is 11.3 Å². The highest BCUT2D eigenvalue weighted by atomic mass is 32.1. The zero-order valence-corrected chi connectivity index (χ0v) is 21.8. The van der Waals surface area contributed by atoms with Gasteiger partial charge in [0.15, 0.2) is 0 Å². The Morgan fingerprint density at radius 1 is 1.06 bits per heavy atom. The fourth-order valence-corrected chi connectivity index (χ4v) is 5.37. The van der Waals surface area contributed by atoms with Crippen molar-refractivity contribution in [3.8, 4) is 5.75 Å². The Morgan fingerprint density at radius 3 is 2.44 bits per heavy atom. The normalized spacial score (nSPS) is 17.2. The molecular weight excluding hydrogens is 472 g/mol. The molecule has 3 aromatic rings. The highest BCUT2D eigenvalue weighted by Crippen LogP contribution is 2.41. The van der Waals surface area contributed by atoms with E-state index in [0.29, 0.717) is 31.0 Å². The number of nitrogens with zero attached hydrogens (tertiary/aromatic N) is 2. The molecule has 0 unspecified atom stereocenters. The molecule has 1 saturated heterocycles. The lowest BCUT2D eigenvalue weighted by Crippen LogP contribution is -2.37. The van der Waals surface area contributed by atoms with Gasteiger partial charge in [-0.3, -0.25) is 9.59 Å². The Bertz CT molecular complexity index is 1230. The molecule has 1 atom stereocenters. The predicted octanol–water partition coefficient (Wildman–Crippen LogP) is 5.40. The molecule has 7 heteroatoms. The number of hydrogen-bond donors (Lipinski definition) is 1. The maximum absolute atomic E-state index is 13.2. The van der Waals surface area contributed by atoms with Crippen LogP contribution in [0.1, 0.15) is 41.5 Å². The number of ether oxygens (including phenoxy) is 1. The third-order valence-corrected chi connectivity index (χ3v) is 7.53. The number of likely N-dealkylation sites (N-methyl/N-ethyl adjacent to an activating group) is 1. The van der Waals surface area contributed by atoms with Gasteiger partial charge in [-0.25, -0.2) is 0 Å². The Kier molecular flexibility index (Phi) is 8.23. The monoisotopic (exact) mass is 504 g/mol. The standard InChI is InChI=1S/C29H32N2O4S/c1-4-30(5-2)15-16-31-26(24-12-9-17-36-24)25(28(33)29(31)34)27(32)23-14-13-22(18-20(23)3)35-19-21-10-7-6-8-11-21/h6-14,17-18,26,32H,4-5,15-16,19H2,1-3H3/b27-25+/t26-/m0/s1. The second-order valence-corrected chi connectivity index (χ2v) is 9.77. The van der Waals surface area contributed by atoms with Gasteiger partial charge in [0.1, 0.15) is 18.1 Å². The average molecular weight is 505 g/mol. The number of Topliss-reactive ketones (excluding diaryl/α,β-unsaturated/α-hetero) is 1. The zero-order chi connectivity index (χ0) is 25.7. The third kappa shape index (κ3) is 5.37. The van der Waals surface area contributed by atoms with Gasteiger partial charge in [-0.05, 0) is 60.8 Å². The first kappa shape index (κ1) is 25.7. The van der Waals surface area contributed by atoms with Crippen LogP contribution in [-0.2, 0) is 16.2 Å². The molecule has 2 aromatic carbocycles. The zero-order valence-electron chi connectivity index (χ0n) is 20.9. The van der Waals surface area contributed by atoms with E-state index in [1.165, 1.54) is 11.3 Å². The van der Waals surface area contributed by atoms with Gasteiger partial charge in [-0.1, -0.05) is 50.2 Å². The van der Waals surface area contributed by atoms with Gasteiger partial charge >= 0.3 is 0 Å². The molecule has 188 valence electrons. The van der Waals surface area contributed by atoms with E-state index in [9.17, 15) is 14.7 Å². The Balaban J connectivity index is 1.64. The molecule has 1 aromatic heterocycles. The first-order valence-corrected chi connectivity index (χ1v) is 13.1. The minimum absolute atomic E-state index is 0.142. The smallest absolute Gasteiger partial charge is 0.295 e. The third-order valence-electron chi connectivity index (χ3n) is 6.61. The first-order chi connectivity index (χ1) is 17.4. The molecule has 1 amide bonds. The molecule has 4 rings (SSSR count). The fourth-order valence-electron chi connectivity index (χ4n) is 4.52. The van der Waals surface area contributed by atoms with Crippen molar-refractivity contribution in [3.05, 3.63) is 93.2 Å². The number of rotatable bonds is 10. The topological polar surface area (TPSA) is 70.1 Å². The molecule has 6 nitrogen and oxygen atoms in total. The van der Waals surface area contributed by atoms with Crippen LogP contribution in [0.25, 0.3) is 5.76 Å². The summed E-state index contributed by atoms with van der Waals surface area (Å²) in [5.74, 6) is -0.691. The molecule has 1 aliphatic rings. The second kappa shape index (κ2) is 11.5. The fraction of sp³-hybridized carbons (Fsp3) is 0.310. The predicted molar refractivity (Wildman–Crippen MR) is 143 cm³/mol. The van der Waals surface area contributed by atoms with Crippen LogP contribution in [0.5, 0.6) is 5.75 Å². The van der Waals surface area contributed by atoms with Crippen LogP contribution in [0.2, 0.25) is 0 Å². The lowest BCUT2D eigenvalue weighted by molar-refractivity contribution is -0.140.